The van der Waals surface area contributed by atoms with E-state index in [1.54, 1.807) is 30.3 Å². The first kappa shape index (κ1) is 22.4. The average molecular weight is 479 g/mol. The van der Waals surface area contributed by atoms with E-state index < -0.39 is 11.8 Å². The number of hydrogen-bond acceptors (Lipinski definition) is 2. The van der Waals surface area contributed by atoms with Crippen molar-refractivity contribution in [3.05, 3.63) is 117 Å². The molecule has 4 aromatic rings. The van der Waals surface area contributed by atoms with Crippen molar-refractivity contribution in [3.8, 4) is 6.07 Å². The van der Waals surface area contributed by atoms with Crippen LogP contribution in [0.5, 0.6) is 0 Å². The number of hydrogen-bond donors (Lipinski definition) is 0. The van der Waals surface area contributed by atoms with Crippen LogP contribution in [0, 0.1) is 11.3 Å². The summed E-state index contributed by atoms with van der Waals surface area (Å²) in [6.07, 6.45) is 0.125. The van der Waals surface area contributed by atoms with Crippen molar-refractivity contribution in [2.75, 3.05) is 0 Å². The number of carbonyl (C=O) groups is 1. The van der Waals surface area contributed by atoms with E-state index in [2.05, 4.69) is 6.07 Å². The summed E-state index contributed by atoms with van der Waals surface area (Å²) in [5.74, 6) is -1.21. The van der Waals surface area contributed by atoms with Gasteiger partial charge in [0, 0.05) is 38.5 Å². The third-order valence-corrected chi connectivity index (χ3v) is 6.54. The van der Waals surface area contributed by atoms with Crippen LogP contribution in [0.3, 0.4) is 0 Å². The Hall–Kier alpha value is -2.83. The van der Waals surface area contributed by atoms with Crippen LogP contribution in [0.4, 0.5) is 0 Å². The molecule has 4 aromatic carbocycles. The van der Waals surface area contributed by atoms with Crippen LogP contribution in [-0.4, -0.2) is 5.78 Å². The highest BCUT2D eigenvalue weighted by Crippen LogP contribution is 2.42. The maximum atomic E-state index is 13.4. The number of nitrogens with zero attached hydrogens (tertiary/aromatic N) is 1. The number of nitriles is 1. The first-order chi connectivity index (χ1) is 15.5. The molecule has 0 N–H and O–H groups in total. The number of rotatable bonds is 6. The van der Waals surface area contributed by atoms with E-state index in [1.165, 1.54) is 0 Å². The molecule has 0 saturated heterocycles. The van der Waals surface area contributed by atoms with Crippen molar-refractivity contribution in [2.45, 2.75) is 18.3 Å². The molecular weight excluding hydrogens is 461 g/mol. The Balaban J connectivity index is 1.76. The zero-order valence-electron chi connectivity index (χ0n) is 16.9. The molecule has 0 amide bonds. The first-order valence-electron chi connectivity index (χ1n) is 10.1. The largest absolute Gasteiger partial charge is 0.294 e. The third kappa shape index (κ3) is 4.66. The summed E-state index contributed by atoms with van der Waals surface area (Å²) >= 11 is 19.0. The molecule has 5 heteroatoms. The summed E-state index contributed by atoms with van der Waals surface area (Å²) in [6.45, 7) is 0. The molecule has 0 heterocycles. The summed E-state index contributed by atoms with van der Waals surface area (Å²) in [5.41, 5.74) is 1.96. The van der Waals surface area contributed by atoms with Gasteiger partial charge in [-0.2, -0.15) is 5.26 Å². The number of ketones is 1. The van der Waals surface area contributed by atoms with E-state index >= 15 is 0 Å². The number of halogens is 3. The van der Waals surface area contributed by atoms with E-state index in [9.17, 15) is 10.1 Å². The number of benzene rings is 4. The smallest absolute Gasteiger partial charge is 0.163 e. The Morgan fingerprint density at radius 2 is 1.47 bits per heavy atom. The van der Waals surface area contributed by atoms with Crippen molar-refractivity contribution in [3.63, 3.8) is 0 Å². The minimum atomic E-state index is -0.707. The van der Waals surface area contributed by atoms with Crippen LogP contribution >= 0.6 is 34.8 Å². The van der Waals surface area contributed by atoms with Crippen LogP contribution in [0.25, 0.3) is 10.8 Å². The minimum absolute atomic E-state index is 0.0564. The molecule has 4 rings (SSSR count). The lowest BCUT2D eigenvalue weighted by molar-refractivity contribution is 0.0972. The standard InChI is InChI=1S/C27H18Cl3NO/c28-21-12-10-18(11-13-21)22(23(16-31)27-24(29)6-3-7-25(27)30)15-26(32)20-9-8-17-4-1-2-5-19(17)14-20/h1-14,22-23H,15H2/t22-,23+/m0/s1. The average Bonchev–Trinajstić information content (AvgIpc) is 2.80. The van der Waals surface area contributed by atoms with Gasteiger partial charge in [-0.1, -0.05) is 89.4 Å². The predicted octanol–water partition coefficient (Wildman–Crippen LogP) is 8.46. The predicted molar refractivity (Wildman–Crippen MR) is 132 cm³/mol. The van der Waals surface area contributed by atoms with Gasteiger partial charge < -0.3 is 0 Å². The Morgan fingerprint density at radius 3 is 2.12 bits per heavy atom. The van der Waals surface area contributed by atoms with Gasteiger partial charge in [0.15, 0.2) is 5.78 Å². The zero-order chi connectivity index (χ0) is 22.7. The molecule has 32 heavy (non-hydrogen) atoms. The van der Waals surface area contributed by atoms with Gasteiger partial charge in [-0.05, 0) is 46.7 Å². The van der Waals surface area contributed by atoms with Gasteiger partial charge in [0.05, 0.1) is 12.0 Å². The second-order valence-corrected chi connectivity index (χ2v) is 8.84. The van der Waals surface area contributed by atoms with Crippen LogP contribution < -0.4 is 0 Å². The van der Waals surface area contributed by atoms with Crippen LogP contribution in [0.15, 0.2) is 84.9 Å². The Morgan fingerprint density at radius 1 is 0.812 bits per heavy atom. The molecule has 0 radical (unpaired) electrons. The van der Waals surface area contributed by atoms with E-state index in [-0.39, 0.29) is 12.2 Å². The second kappa shape index (κ2) is 9.76. The minimum Gasteiger partial charge on any atom is -0.294 e. The quantitative estimate of drug-likeness (QED) is 0.261. The monoisotopic (exact) mass is 477 g/mol. The van der Waals surface area contributed by atoms with Crippen molar-refractivity contribution in [1.29, 1.82) is 5.26 Å². The summed E-state index contributed by atoms with van der Waals surface area (Å²) in [7, 11) is 0. The zero-order valence-corrected chi connectivity index (χ0v) is 19.2. The lowest BCUT2D eigenvalue weighted by Crippen LogP contribution is -2.16. The number of carbonyl (C=O) groups excluding carboxylic acids is 1. The van der Waals surface area contributed by atoms with Gasteiger partial charge in [0.1, 0.15) is 0 Å². The lowest BCUT2D eigenvalue weighted by Gasteiger charge is -2.24. The SMILES string of the molecule is N#C[C@@H](c1c(Cl)cccc1Cl)[C@@H](CC(=O)c1ccc2ccccc2c1)c1ccc(Cl)cc1. The highest BCUT2D eigenvalue weighted by Gasteiger charge is 2.30. The van der Waals surface area contributed by atoms with E-state index in [4.69, 9.17) is 34.8 Å². The fraction of sp³-hybridized carbons (Fsp3) is 0.111. The van der Waals surface area contributed by atoms with Crippen LogP contribution in [0.2, 0.25) is 15.1 Å². The van der Waals surface area contributed by atoms with E-state index in [0.29, 0.717) is 26.2 Å². The van der Waals surface area contributed by atoms with Gasteiger partial charge in [0.2, 0.25) is 0 Å². The van der Waals surface area contributed by atoms with Crippen molar-refractivity contribution in [2.24, 2.45) is 0 Å². The van der Waals surface area contributed by atoms with E-state index in [1.807, 2.05) is 54.6 Å². The van der Waals surface area contributed by atoms with Gasteiger partial charge in [0.25, 0.3) is 0 Å². The van der Waals surface area contributed by atoms with Crippen LogP contribution in [-0.2, 0) is 0 Å². The Kier molecular flexibility index (Phi) is 6.82. The Bertz CT molecular complexity index is 1300. The van der Waals surface area contributed by atoms with Gasteiger partial charge in [-0.25, -0.2) is 0 Å². The van der Waals surface area contributed by atoms with Crippen molar-refractivity contribution >= 4 is 51.4 Å². The molecule has 0 aliphatic carbocycles. The first-order valence-corrected chi connectivity index (χ1v) is 11.2. The molecule has 0 spiro atoms. The van der Waals surface area contributed by atoms with Crippen molar-refractivity contribution in [1.82, 2.24) is 0 Å². The summed E-state index contributed by atoms with van der Waals surface area (Å²) in [4.78, 5) is 13.4. The highest BCUT2D eigenvalue weighted by molar-refractivity contribution is 6.36. The molecule has 2 nitrogen and oxygen atoms in total. The molecule has 0 aliphatic heterocycles. The molecule has 0 saturated carbocycles. The summed E-state index contributed by atoms with van der Waals surface area (Å²) in [5, 5.41) is 13.6. The van der Waals surface area contributed by atoms with Gasteiger partial charge >= 0.3 is 0 Å². The number of Topliss-reactive ketones (excluding diaryl/α,β-unsaturated/α-hetero) is 1. The molecule has 0 bridgehead atoms. The molecule has 0 aliphatic rings. The maximum Gasteiger partial charge on any atom is 0.163 e. The van der Waals surface area contributed by atoms with Crippen LogP contribution in [0.1, 0.15) is 39.7 Å². The molecule has 0 unspecified atom stereocenters. The third-order valence-electron chi connectivity index (χ3n) is 5.63. The second-order valence-electron chi connectivity index (χ2n) is 7.59. The molecule has 0 aromatic heterocycles. The summed E-state index contributed by atoms with van der Waals surface area (Å²) in [6, 6.07) is 28.2. The normalized spacial score (nSPS) is 12.8. The topological polar surface area (TPSA) is 40.9 Å². The molecule has 2 atom stereocenters. The number of fused-ring (bicyclic) bond motifs is 1. The van der Waals surface area contributed by atoms with E-state index in [0.717, 1.165) is 16.3 Å². The van der Waals surface area contributed by atoms with Gasteiger partial charge in [-0.15, -0.1) is 0 Å². The Labute approximate surface area is 202 Å². The lowest BCUT2D eigenvalue weighted by atomic mass is 9.78. The fourth-order valence-electron chi connectivity index (χ4n) is 3.98. The van der Waals surface area contributed by atoms with Gasteiger partial charge in [-0.3, -0.25) is 4.79 Å². The summed E-state index contributed by atoms with van der Waals surface area (Å²) < 4.78 is 0. The molecular formula is C27H18Cl3NO. The fourth-order valence-corrected chi connectivity index (χ4v) is 4.74. The maximum absolute atomic E-state index is 13.4. The van der Waals surface area contributed by atoms with Crippen molar-refractivity contribution < 1.29 is 4.79 Å². The molecule has 158 valence electrons. The highest BCUT2D eigenvalue weighted by atomic mass is 35.5. The molecule has 0 fully saturated rings.